The maximum Gasteiger partial charge on any atom is 0.122 e. The summed E-state index contributed by atoms with van der Waals surface area (Å²) in [6.07, 6.45) is 5.94. The first-order valence-electron chi connectivity index (χ1n) is 4.41. The summed E-state index contributed by atoms with van der Waals surface area (Å²) in [6.45, 7) is 0. The van der Waals surface area contributed by atoms with Crippen LogP contribution < -0.4 is 4.74 Å². The van der Waals surface area contributed by atoms with Crippen LogP contribution >= 0.6 is 0 Å². The SMILES string of the molecule is COc1cccc2c1[CH]CCC2. The van der Waals surface area contributed by atoms with E-state index in [-0.39, 0.29) is 0 Å². The van der Waals surface area contributed by atoms with E-state index < -0.39 is 0 Å². The minimum Gasteiger partial charge on any atom is -0.496 e. The summed E-state index contributed by atoms with van der Waals surface area (Å²) in [5, 5.41) is 0. The van der Waals surface area contributed by atoms with Gasteiger partial charge in [-0.05, 0) is 37.3 Å². The van der Waals surface area contributed by atoms with Crippen LogP contribution in [0.5, 0.6) is 5.75 Å². The molecule has 0 aliphatic heterocycles. The van der Waals surface area contributed by atoms with Crippen molar-refractivity contribution in [3.8, 4) is 5.75 Å². The minimum atomic E-state index is 1.02. The van der Waals surface area contributed by atoms with E-state index >= 15 is 0 Å². The molecule has 2 rings (SSSR count). The molecule has 0 heterocycles. The van der Waals surface area contributed by atoms with Crippen molar-refractivity contribution in [3.05, 3.63) is 35.7 Å². The second-order valence-corrected chi connectivity index (χ2v) is 3.13. The lowest BCUT2D eigenvalue weighted by atomic mass is 9.91. The van der Waals surface area contributed by atoms with Gasteiger partial charge in [-0.3, -0.25) is 0 Å². The number of rotatable bonds is 1. The summed E-state index contributed by atoms with van der Waals surface area (Å²) in [4.78, 5) is 0. The van der Waals surface area contributed by atoms with Crippen molar-refractivity contribution >= 4 is 0 Å². The molecule has 0 atom stereocenters. The molecule has 0 saturated heterocycles. The summed E-state index contributed by atoms with van der Waals surface area (Å²) in [5.41, 5.74) is 2.74. The third-order valence-corrected chi connectivity index (χ3v) is 2.38. The fourth-order valence-electron chi connectivity index (χ4n) is 1.76. The smallest absolute Gasteiger partial charge is 0.122 e. The molecular formula is C11H13O. The second kappa shape index (κ2) is 3.18. The average molecular weight is 161 g/mol. The number of hydrogen-bond acceptors (Lipinski definition) is 1. The fourth-order valence-corrected chi connectivity index (χ4v) is 1.76. The zero-order valence-corrected chi connectivity index (χ0v) is 7.34. The lowest BCUT2D eigenvalue weighted by Gasteiger charge is -2.17. The Balaban J connectivity index is 2.44. The normalized spacial score (nSPS) is 15.4. The van der Waals surface area contributed by atoms with E-state index in [0.717, 1.165) is 5.75 Å². The highest BCUT2D eigenvalue weighted by molar-refractivity contribution is 5.46. The van der Waals surface area contributed by atoms with Crippen molar-refractivity contribution in [1.82, 2.24) is 0 Å². The third kappa shape index (κ3) is 1.20. The molecule has 0 spiro atoms. The van der Waals surface area contributed by atoms with Crippen LogP contribution in [0, 0.1) is 6.42 Å². The van der Waals surface area contributed by atoms with Crippen molar-refractivity contribution in [3.63, 3.8) is 0 Å². The molecule has 1 aliphatic rings. The monoisotopic (exact) mass is 161 g/mol. The van der Waals surface area contributed by atoms with Crippen LogP contribution in [0.25, 0.3) is 0 Å². The van der Waals surface area contributed by atoms with E-state index in [2.05, 4.69) is 18.6 Å². The Labute approximate surface area is 73.4 Å². The Hall–Kier alpha value is -0.980. The number of hydrogen-bond donors (Lipinski definition) is 0. The average Bonchev–Trinajstić information content (AvgIpc) is 2.17. The van der Waals surface area contributed by atoms with Crippen LogP contribution in [-0.4, -0.2) is 7.11 Å². The van der Waals surface area contributed by atoms with E-state index in [1.54, 1.807) is 7.11 Å². The highest BCUT2D eigenvalue weighted by Crippen LogP contribution is 2.30. The Morgan fingerprint density at radius 2 is 2.25 bits per heavy atom. The number of benzene rings is 1. The van der Waals surface area contributed by atoms with Gasteiger partial charge in [0.05, 0.1) is 7.11 Å². The standard InChI is InChI=1S/C11H13O/c1-12-11-8-4-6-9-5-2-3-7-10(9)11/h4,6-8H,2-3,5H2,1H3. The molecule has 0 unspecified atom stereocenters. The van der Waals surface area contributed by atoms with Gasteiger partial charge in [0.25, 0.3) is 0 Å². The van der Waals surface area contributed by atoms with Crippen LogP contribution in [-0.2, 0) is 6.42 Å². The Morgan fingerprint density at radius 3 is 3.08 bits per heavy atom. The Bertz CT molecular complexity index is 264. The summed E-state index contributed by atoms with van der Waals surface area (Å²) < 4.78 is 5.28. The van der Waals surface area contributed by atoms with Crippen LogP contribution in [0.4, 0.5) is 0 Å². The summed E-state index contributed by atoms with van der Waals surface area (Å²) in [7, 11) is 1.73. The van der Waals surface area contributed by atoms with Gasteiger partial charge < -0.3 is 4.74 Å². The van der Waals surface area contributed by atoms with Gasteiger partial charge in [0.2, 0.25) is 0 Å². The van der Waals surface area contributed by atoms with Crippen LogP contribution in [0.2, 0.25) is 0 Å². The van der Waals surface area contributed by atoms with Gasteiger partial charge >= 0.3 is 0 Å². The zero-order chi connectivity index (χ0) is 8.39. The molecule has 0 fully saturated rings. The molecule has 63 valence electrons. The summed E-state index contributed by atoms with van der Waals surface area (Å²) >= 11 is 0. The molecule has 1 nitrogen and oxygen atoms in total. The molecule has 0 N–H and O–H groups in total. The maximum absolute atomic E-state index is 5.28. The first-order valence-corrected chi connectivity index (χ1v) is 4.41. The highest BCUT2D eigenvalue weighted by atomic mass is 16.5. The van der Waals surface area contributed by atoms with E-state index in [1.165, 1.54) is 30.4 Å². The molecule has 0 aromatic heterocycles. The fraction of sp³-hybridized carbons (Fsp3) is 0.364. The van der Waals surface area contributed by atoms with Crippen molar-refractivity contribution < 1.29 is 4.74 Å². The first-order chi connectivity index (χ1) is 5.92. The number of methoxy groups -OCH3 is 1. The van der Waals surface area contributed by atoms with E-state index in [4.69, 9.17) is 4.74 Å². The topological polar surface area (TPSA) is 9.23 Å². The largest absolute Gasteiger partial charge is 0.496 e. The van der Waals surface area contributed by atoms with Gasteiger partial charge in [0.1, 0.15) is 5.75 Å². The van der Waals surface area contributed by atoms with E-state index in [9.17, 15) is 0 Å². The van der Waals surface area contributed by atoms with E-state index in [0.29, 0.717) is 0 Å². The zero-order valence-electron chi connectivity index (χ0n) is 7.34. The molecule has 1 heteroatoms. The lowest BCUT2D eigenvalue weighted by Crippen LogP contribution is -2.02. The maximum atomic E-state index is 5.28. The second-order valence-electron chi connectivity index (χ2n) is 3.13. The van der Waals surface area contributed by atoms with Crippen LogP contribution in [0.1, 0.15) is 24.0 Å². The quantitative estimate of drug-likeness (QED) is 0.615. The molecule has 1 radical (unpaired) electrons. The molecule has 0 bridgehead atoms. The van der Waals surface area contributed by atoms with Gasteiger partial charge in [-0.25, -0.2) is 0 Å². The number of fused-ring (bicyclic) bond motifs is 1. The Morgan fingerprint density at radius 1 is 1.33 bits per heavy atom. The predicted octanol–water partition coefficient (Wildman–Crippen LogP) is 2.58. The molecule has 1 aromatic carbocycles. The predicted molar refractivity (Wildman–Crippen MR) is 49.3 cm³/mol. The number of ether oxygens (including phenoxy) is 1. The molecular weight excluding hydrogens is 148 g/mol. The van der Waals surface area contributed by atoms with E-state index in [1.807, 2.05) is 6.07 Å². The lowest BCUT2D eigenvalue weighted by molar-refractivity contribution is 0.410. The molecule has 12 heavy (non-hydrogen) atoms. The van der Waals surface area contributed by atoms with Gasteiger partial charge in [-0.2, -0.15) is 0 Å². The molecule has 1 aromatic rings. The van der Waals surface area contributed by atoms with Crippen molar-refractivity contribution in [1.29, 1.82) is 0 Å². The Kier molecular flexibility index (Phi) is 2.03. The summed E-state index contributed by atoms with van der Waals surface area (Å²) in [5.74, 6) is 1.02. The third-order valence-electron chi connectivity index (χ3n) is 2.38. The van der Waals surface area contributed by atoms with Crippen LogP contribution in [0.3, 0.4) is 0 Å². The minimum absolute atomic E-state index is 1.02. The van der Waals surface area contributed by atoms with Gasteiger partial charge in [0, 0.05) is 5.56 Å². The molecule has 0 saturated carbocycles. The number of aryl methyl sites for hydroxylation is 1. The molecule has 1 aliphatic carbocycles. The van der Waals surface area contributed by atoms with Crippen molar-refractivity contribution in [2.45, 2.75) is 19.3 Å². The summed E-state index contributed by atoms with van der Waals surface area (Å²) in [6, 6.07) is 6.28. The van der Waals surface area contributed by atoms with Gasteiger partial charge in [-0.15, -0.1) is 0 Å². The highest BCUT2D eigenvalue weighted by Gasteiger charge is 2.12. The van der Waals surface area contributed by atoms with Crippen molar-refractivity contribution in [2.75, 3.05) is 7.11 Å². The van der Waals surface area contributed by atoms with Crippen LogP contribution in [0.15, 0.2) is 18.2 Å². The first kappa shape index (κ1) is 7.66. The van der Waals surface area contributed by atoms with Gasteiger partial charge in [-0.1, -0.05) is 12.1 Å². The van der Waals surface area contributed by atoms with Gasteiger partial charge in [0.15, 0.2) is 0 Å². The van der Waals surface area contributed by atoms with Crippen molar-refractivity contribution in [2.24, 2.45) is 0 Å². The molecule has 0 amide bonds.